The van der Waals surface area contributed by atoms with Crippen LogP contribution in [-0.2, 0) is 6.42 Å². The molecule has 12 heavy (non-hydrogen) atoms. The lowest BCUT2D eigenvalue weighted by atomic mass is 9.89. The molecular weight excluding hydrogens is 155 g/mol. The highest BCUT2D eigenvalue weighted by Crippen LogP contribution is 2.19. The van der Waals surface area contributed by atoms with E-state index in [2.05, 4.69) is 31.0 Å². The Labute approximate surface area is 71.8 Å². The van der Waals surface area contributed by atoms with Gasteiger partial charge >= 0.3 is 0 Å². The van der Waals surface area contributed by atoms with E-state index in [0.29, 0.717) is 0 Å². The van der Waals surface area contributed by atoms with Crippen molar-refractivity contribution in [3.05, 3.63) is 23.8 Å². The number of hydrogen-bond donors (Lipinski definition) is 0. The molecule has 0 unspecified atom stereocenters. The average Bonchev–Trinajstić information content (AvgIpc) is 1.82. The lowest BCUT2D eigenvalue weighted by molar-refractivity contribution is 0.408. The molecule has 0 amide bonds. The van der Waals surface area contributed by atoms with Crippen LogP contribution >= 0.6 is 0 Å². The third kappa shape index (κ3) is 2.95. The van der Waals surface area contributed by atoms with Crippen LogP contribution in [0.3, 0.4) is 0 Å². The standard InChI is InChI=1S/C9H13FN2/c1-9(2,3)5-7-4-8(10)12-11-6-7/h4,6H,5H2,1-3H3. The molecule has 0 aliphatic rings. The van der Waals surface area contributed by atoms with Crippen molar-refractivity contribution in [1.29, 1.82) is 0 Å². The van der Waals surface area contributed by atoms with E-state index in [1.165, 1.54) is 6.07 Å². The minimum absolute atomic E-state index is 0.162. The number of hydrogen-bond acceptors (Lipinski definition) is 2. The van der Waals surface area contributed by atoms with Crippen molar-refractivity contribution in [3.8, 4) is 0 Å². The Morgan fingerprint density at radius 3 is 2.58 bits per heavy atom. The van der Waals surface area contributed by atoms with Crippen molar-refractivity contribution < 1.29 is 4.39 Å². The largest absolute Gasteiger partial charge is 0.233 e. The molecule has 1 rings (SSSR count). The number of rotatable bonds is 1. The topological polar surface area (TPSA) is 25.8 Å². The summed E-state index contributed by atoms with van der Waals surface area (Å²) >= 11 is 0. The number of aromatic nitrogens is 2. The van der Waals surface area contributed by atoms with Gasteiger partial charge in [-0.3, -0.25) is 0 Å². The Balaban J connectivity index is 2.77. The van der Waals surface area contributed by atoms with Crippen LogP contribution in [-0.4, -0.2) is 10.2 Å². The minimum atomic E-state index is -0.503. The molecule has 0 aliphatic carbocycles. The van der Waals surface area contributed by atoms with Gasteiger partial charge in [0.25, 0.3) is 0 Å². The van der Waals surface area contributed by atoms with Gasteiger partial charge in [0.15, 0.2) is 0 Å². The monoisotopic (exact) mass is 168 g/mol. The molecule has 66 valence electrons. The van der Waals surface area contributed by atoms with Gasteiger partial charge in [0.1, 0.15) is 0 Å². The quantitative estimate of drug-likeness (QED) is 0.642. The van der Waals surface area contributed by atoms with Gasteiger partial charge in [-0.25, -0.2) is 0 Å². The molecule has 0 saturated heterocycles. The van der Waals surface area contributed by atoms with Gasteiger partial charge in [0.2, 0.25) is 5.95 Å². The van der Waals surface area contributed by atoms with E-state index < -0.39 is 5.95 Å². The normalized spacial score (nSPS) is 11.7. The van der Waals surface area contributed by atoms with Gasteiger partial charge in [-0.1, -0.05) is 20.8 Å². The molecule has 2 nitrogen and oxygen atoms in total. The van der Waals surface area contributed by atoms with Crippen molar-refractivity contribution in [3.63, 3.8) is 0 Å². The predicted molar refractivity (Wildman–Crippen MR) is 45.1 cm³/mol. The van der Waals surface area contributed by atoms with Gasteiger partial charge < -0.3 is 0 Å². The summed E-state index contributed by atoms with van der Waals surface area (Å²) in [6.07, 6.45) is 2.42. The summed E-state index contributed by atoms with van der Waals surface area (Å²) in [6, 6.07) is 1.43. The van der Waals surface area contributed by atoms with Crippen molar-refractivity contribution in [2.24, 2.45) is 5.41 Å². The summed E-state index contributed by atoms with van der Waals surface area (Å²) in [7, 11) is 0. The molecule has 0 saturated carbocycles. The van der Waals surface area contributed by atoms with Crippen molar-refractivity contribution >= 4 is 0 Å². The second-order valence-corrected chi connectivity index (χ2v) is 4.12. The number of nitrogens with zero attached hydrogens (tertiary/aromatic N) is 2. The van der Waals surface area contributed by atoms with E-state index >= 15 is 0 Å². The highest BCUT2D eigenvalue weighted by atomic mass is 19.1. The Hall–Kier alpha value is -0.990. The zero-order valence-corrected chi connectivity index (χ0v) is 7.63. The highest BCUT2D eigenvalue weighted by molar-refractivity contribution is 5.08. The lowest BCUT2D eigenvalue weighted by Gasteiger charge is -2.17. The Morgan fingerprint density at radius 2 is 2.08 bits per heavy atom. The summed E-state index contributed by atoms with van der Waals surface area (Å²) < 4.78 is 12.6. The van der Waals surface area contributed by atoms with Crippen molar-refractivity contribution in [2.75, 3.05) is 0 Å². The maximum atomic E-state index is 12.6. The maximum absolute atomic E-state index is 12.6. The van der Waals surface area contributed by atoms with E-state index in [1.807, 2.05) is 0 Å². The van der Waals surface area contributed by atoms with Crippen LogP contribution < -0.4 is 0 Å². The summed E-state index contributed by atoms with van der Waals surface area (Å²) in [5.41, 5.74) is 1.06. The van der Waals surface area contributed by atoms with E-state index in [1.54, 1.807) is 6.20 Å². The number of halogens is 1. The van der Waals surface area contributed by atoms with Crippen LogP contribution in [0.25, 0.3) is 0 Å². The van der Waals surface area contributed by atoms with Crippen LogP contribution in [0.4, 0.5) is 4.39 Å². The first kappa shape index (κ1) is 9.10. The fraction of sp³-hybridized carbons (Fsp3) is 0.556. The first-order chi connectivity index (χ1) is 5.47. The molecule has 0 fully saturated rings. The van der Waals surface area contributed by atoms with Gasteiger partial charge in [-0.05, 0) is 23.5 Å². The molecule has 1 heterocycles. The zero-order valence-electron chi connectivity index (χ0n) is 7.63. The van der Waals surface area contributed by atoms with Gasteiger partial charge in [0.05, 0.1) is 6.20 Å². The van der Waals surface area contributed by atoms with Gasteiger partial charge in [-0.2, -0.15) is 9.49 Å². The van der Waals surface area contributed by atoms with Crippen LogP contribution in [0, 0.1) is 11.4 Å². The van der Waals surface area contributed by atoms with Gasteiger partial charge in [-0.15, -0.1) is 5.10 Å². The first-order valence-corrected chi connectivity index (χ1v) is 3.94. The zero-order chi connectivity index (χ0) is 9.19. The summed E-state index contributed by atoms with van der Waals surface area (Å²) in [6.45, 7) is 6.31. The highest BCUT2D eigenvalue weighted by Gasteiger charge is 2.11. The molecular formula is C9H13FN2. The molecule has 0 spiro atoms. The fourth-order valence-corrected chi connectivity index (χ4v) is 1.09. The Bertz CT molecular complexity index is 265. The molecule has 1 aromatic heterocycles. The molecule has 0 aliphatic heterocycles. The average molecular weight is 168 g/mol. The molecule has 0 atom stereocenters. The third-order valence-electron chi connectivity index (χ3n) is 1.42. The molecule has 0 aromatic carbocycles. The van der Waals surface area contributed by atoms with Gasteiger partial charge in [0, 0.05) is 0 Å². The minimum Gasteiger partial charge on any atom is -0.183 e. The van der Waals surface area contributed by atoms with Crippen molar-refractivity contribution in [2.45, 2.75) is 27.2 Å². The van der Waals surface area contributed by atoms with Crippen LogP contribution in [0.5, 0.6) is 0 Å². The second kappa shape index (κ2) is 3.17. The SMILES string of the molecule is CC(C)(C)Cc1cnnc(F)c1. The first-order valence-electron chi connectivity index (χ1n) is 3.94. The molecule has 0 N–H and O–H groups in total. The molecule has 3 heteroatoms. The van der Waals surface area contributed by atoms with E-state index in [0.717, 1.165) is 12.0 Å². The van der Waals surface area contributed by atoms with Crippen LogP contribution in [0.2, 0.25) is 0 Å². The lowest BCUT2D eigenvalue weighted by Crippen LogP contribution is -2.09. The van der Waals surface area contributed by atoms with Crippen LogP contribution in [0.1, 0.15) is 26.3 Å². The second-order valence-electron chi connectivity index (χ2n) is 4.12. The maximum Gasteiger partial charge on any atom is 0.233 e. The van der Waals surface area contributed by atoms with E-state index in [9.17, 15) is 4.39 Å². The summed E-state index contributed by atoms with van der Waals surface area (Å²) in [5, 5.41) is 6.80. The summed E-state index contributed by atoms with van der Waals surface area (Å²) in [5.74, 6) is -0.503. The third-order valence-corrected chi connectivity index (χ3v) is 1.42. The molecule has 0 radical (unpaired) electrons. The van der Waals surface area contributed by atoms with E-state index in [4.69, 9.17) is 0 Å². The predicted octanol–water partition coefficient (Wildman–Crippen LogP) is 2.20. The van der Waals surface area contributed by atoms with E-state index in [-0.39, 0.29) is 5.41 Å². The Kier molecular flexibility index (Phi) is 2.40. The van der Waals surface area contributed by atoms with Crippen molar-refractivity contribution in [1.82, 2.24) is 10.2 Å². The van der Waals surface area contributed by atoms with Crippen LogP contribution in [0.15, 0.2) is 12.3 Å². The molecule has 0 bridgehead atoms. The Morgan fingerprint density at radius 1 is 1.42 bits per heavy atom. The summed E-state index contributed by atoms with van der Waals surface area (Å²) in [4.78, 5) is 0. The fourth-order valence-electron chi connectivity index (χ4n) is 1.09. The molecule has 1 aromatic rings. The smallest absolute Gasteiger partial charge is 0.183 e.